The SMILES string of the molecule is CCCCCCCCCCCCNC(=O)OC1[C@@H](CO[C@@H]2OC(COC(C)=O)[C@@H](OC(C)=O)[C@H](OC(C)=O)C2OC(C)=O)O[C@@H](n2ccc(=O)[nH]c2=O)[C@H]1OC(=O)NCCCCCCCCCCCC. The van der Waals surface area contributed by atoms with Crippen molar-refractivity contribution in [3.8, 4) is 0 Å². The highest BCUT2D eigenvalue weighted by atomic mass is 16.7. The zero-order chi connectivity index (χ0) is 51.3. The molecular formula is C49H80N4O17. The molecule has 1 aromatic rings. The Morgan fingerprint density at radius 2 is 0.957 bits per heavy atom. The molecule has 3 heterocycles. The van der Waals surface area contributed by atoms with Gasteiger partial charge < -0.3 is 53.3 Å². The third kappa shape index (κ3) is 22.4. The number of amides is 2. The lowest BCUT2D eigenvalue weighted by molar-refractivity contribution is -0.312. The third-order valence-electron chi connectivity index (χ3n) is 11.9. The number of unbranched alkanes of at least 4 members (excludes halogenated alkanes) is 18. The van der Waals surface area contributed by atoms with Crippen LogP contribution in [0.3, 0.4) is 0 Å². The van der Waals surface area contributed by atoms with Crippen molar-refractivity contribution in [3.05, 3.63) is 33.1 Å². The van der Waals surface area contributed by atoms with Gasteiger partial charge in [-0.1, -0.05) is 129 Å². The Morgan fingerprint density at radius 3 is 1.43 bits per heavy atom. The van der Waals surface area contributed by atoms with Crippen LogP contribution in [0.1, 0.15) is 176 Å². The number of H-pyrrole nitrogens is 1. The minimum absolute atomic E-state index is 0.266. The number of carbonyl (C=O) groups excluding carboxylic acids is 6. The molecular weight excluding hydrogens is 917 g/mol. The summed E-state index contributed by atoms with van der Waals surface area (Å²) in [6.07, 6.45) is 7.62. The molecule has 70 heavy (non-hydrogen) atoms. The van der Waals surface area contributed by atoms with Crippen molar-refractivity contribution in [1.29, 1.82) is 0 Å². The summed E-state index contributed by atoms with van der Waals surface area (Å²) in [6.45, 7) is 8.16. The van der Waals surface area contributed by atoms with Crippen molar-refractivity contribution >= 4 is 36.1 Å². The topological polar surface area (TPSA) is 264 Å². The molecule has 0 radical (unpaired) electrons. The van der Waals surface area contributed by atoms with Gasteiger partial charge in [0.05, 0.1) is 6.61 Å². The lowest BCUT2D eigenvalue weighted by Gasteiger charge is -2.44. The lowest BCUT2D eigenvalue weighted by atomic mass is 9.98. The Kier molecular flexibility index (Phi) is 28.4. The normalized spacial score (nSPS) is 22.9. The molecule has 0 aliphatic carbocycles. The van der Waals surface area contributed by atoms with Gasteiger partial charge in [0.25, 0.3) is 5.56 Å². The van der Waals surface area contributed by atoms with Crippen molar-refractivity contribution in [2.45, 2.75) is 225 Å². The van der Waals surface area contributed by atoms with Crippen LogP contribution >= 0.6 is 0 Å². The lowest BCUT2D eigenvalue weighted by Crippen LogP contribution is -2.63. The highest BCUT2D eigenvalue weighted by molar-refractivity contribution is 5.69. The molecule has 0 spiro atoms. The fraction of sp³-hybridized carbons (Fsp3) is 0.796. The molecule has 2 aliphatic heterocycles. The van der Waals surface area contributed by atoms with Crippen LogP contribution in [0.5, 0.6) is 0 Å². The van der Waals surface area contributed by atoms with Crippen LogP contribution in [-0.4, -0.2) is 121 Å². The second-order valence-corrected chi connectivity index (χ2v) is 17.9. The first kappa shape index (κ1) is 59.3. The molecule has 3 rings (SSSR count). The molecule has 0 aromatic carbocycles. The van der Waals surface area contributed by atoms with E-state index >= 15 is 0 Å². The first-order chi connectivity index (χ1) is 33.6. The summed E-state index contributed by atoms with van der Waals surface area (Å²) in [5, 5.41) is 5.48. The van der Waals surface area contributed by atoms with Crippen LogP contribution < -0.4 is 21.9 Å². The van der Waals surface area contributed by atoms with Gasteiger partial charge in [-0.2, -0.15) is 0 Å². The molecule has 2 amide bonds. The van der Waals surface area contributed by atoms with Gasteiger partial charge in [-0.25, -0.2) is 14.4 Å². The van der Waals surface area contributed by atoms with Crippen molar-refractivity contribution in [1.82, 2.24) is 20.2 Å². The summed E-state index contributed by atoms with van der Waals surface area (Å²) < 4.78 is 53.1. The van der Waals surface area contributed by atoms with E-state index in [9.17, 15) is 38.4 Å². The van der Waals surface area contributed by atoms with E-state index in [1.54, 1.807) is 0 Å². The van der Waals surface area contributed by atoms with Crippen LogP contribution in [0.15, 0.2) is 21.9 Å². The Hall–Kier alpha value is -5.02. The van der Waals surface area contributed by atoms with E-state index in [4.69, 9.17) is 42.6 Å². The van der Waals surface area contributed by atoms with Crippen LogP contribution in [0, 0.1) is 0 Å². The van der Waals surface area contributed by atoms with Gasteiger partial charge >= 0.3 is 41.8 Å². The second kappa shape index (κ2) is 33.5. The van der Waals surface area contributed by atoms with Gasteiger partial charge in [-0.15, -0.1) is 0 Å². The monoisotopic (exact) mass is 997 g/mol. The van der Waals surface area contributed by atoms with Crippen molar-refractivity contribution in [3.63, 3.8) is 0 Å². The third-order valence-corrected chi connectivity index (χ3v) is 11.9. The largest absolute Gasteiger partial charge is 0.463 e. The van der Waals surface area contributed by atoms with E-state index in [0.29, 0.717) is 12.8 Å². The van der Waals surface area contributed by atoms with Gasteiger partial charge in [0, 0.05) is 53.0 Å². The van der Waals surface area contributed by atoms with Gasteiger partial charge in [0.2, 0.25) is 0 Å². The highest BCUT2D eigenvalue weighted by Gasteiger charge is 2.55. The highest BCUT2D eigenvalue weighted by Crippen LogP contribution is 2.36. The van der Waals surface area contributed by atoms with Gasteiger partial charge in [-0.3, -0.25) is 33.5 Å². The maximum Gasteiger partial charge on any atom is 0.407 e. The Morgan fingerprint density at radius 1 is 0.529 bits per heavy atom. The first-order valence-electron chi connectivity index (χ1n) is 25.4. The first-order valence-corrected chi connectivity index (χ1v) is 25.4. The van der Waals surface area contributed by atoms with Crippen molar-refractivity contribution < 1.29 is 71.4 Å². The van der Waals surface area contributed by atoms with E-state index in [0.717, 1.165) is 95.9 Å². The number of rotatable bonds is 33. The predicted molar refractivity (Wildman–Crippen MR) is 253 cm³/mol. The molecule has 21 nitrogen and oxygen atoms in total. The quantitative estimate of drug-likeness (QED) is 0.0382. The minimum Gasteiger partial charge on any atom is -0.463 e. The molecule has 9 atom stereocenters. The molecule has 2 fully saturated rings. The smallest absolute Gasteiger partial charge is 0.407 e. The summed E-state index contributed by atoms with van der Waals surface area (Å²) in [5.74, 6) is -3.27. The number of carbonyl (C=O) groups is 6. The number of aromatic nitrogens is 2. The van der Waals surface area contributed by atoms with Crippen LogP contribution in [-0.2, 0) is 61.8 Å². The van der Waals surface area contributed by atoms with E-state index in [2.05, 4.69) is 29.5 Å². The summed E-state index contributed by atoms with van der Waals surface area (Å²) in [6, 6.07) is 1.06. The molecule has 2 aliphatic rings. The number of nitrogens with zero attached hydrogens (tertiary/aromatic N) is 1. The van der Waals surface area contributed by atoms with Gasteiger partial charge in [0.1, 0.15) is 18.8 Å². The summed E-state index contributed by atoms with van der Waals surface area (Å²) in [5.41, 5.74) is -1.64. The number of alkyl carbamates (subject to hydrolysis) is 2. The van der Waals surface area contributed by atoms with E-state index < -0.39 is 116 Å². The fourth-order valence-electron chi connectivity index (χ4n) is 8.41. The number of esters is 4. The average Bonchev–Trinajstić information content (AvgIpc) is 3.61. The fourth-order valence-corrected chi connectivity index (χ4v) is 8.41. The summed E-state index contributed by atoms with van der Waals surface area (Å²) >= 11 is 0. The molecule has 21 heteroatoms. The predicted octanol–water partition coefficient (Wildman–Crippen LogP) is 6.57. The van der Waals surface area contributed by atoms with Crippen LogP contribution in [0.4, 0.5) is 9.59 Å². The molecule has 0 bridgehead atoms. The Bertz CT molecular complexity index is 1860. The Labute approximate surface area is 411 Å². The maximum atomic E-state index is 13.6. The van der Waals surface area contributed by atoms with Gasteiger partial charge in [-0.05, 0) is 12.8 Å². The minimum atomic E-state index is -1.66. The van der Waals surface area contributed by atoms with Crippen molar-refractivity contribution in [2.75, 3.05) is 26.3 Å². The molecule has 2 saturated heterocycles. The number of aromatic amines is 1. The standard InChI is InChI=1S/C49H80N4O17/c1-7-9-11-13-15-17-19-21-23-25-28-50-48(60)69-41-37(32-63-46-44(66-36(6)57)42(65-35(5)56)40(64-34(4)55)38(68-46)31-62-33(3)54)67-45(53-30-27-39(58)52-47(53)59)43(41)70-49(61)51-29-26-24-22-20-18-16-14-12-10-8-2/h27,30,37-38,40-46H,7-26,28-29,31-32H2,1-6H3,(H,50,60)(H,51,61)(H,52,58,59)/t37-,38?,40-,41?,42+,43+,44?,45-,46-/m1/s1. The summed E-state index contributed by atoms with van der Waals surface area (Å²) in [7, 11) is 0. The summed E-state index contributed by atoms with van der Waals surface area (Å²) in [4.78, 5) is 104. The molecule has 1 aromatic heterocycles. The molecule has 0 saturated carbocycles. The van der Waals surface area contributed by atoms with E-state index in [-0.39, 0.29) is 13.1 Å². The average molecular weight is 997 g/mol. The number of ether oxygens (including phenoxy) is 9. The van der Waals surface area contributed by atoms with Crippen molar-refractivity contribution in [2.24, 2.45) is 0 Å². The number of hydrogen-bond donors (Lipinski definition) is 3. The molecule has 3 N–H and O–H groups in total. The van der Waals surface area contributed by atoms with E-state index in [1.807, 2.05) is 0 Å². The van der Waals surface area contributed by atoms with Gasteiger partial charge in [0.15, 0.2) is 43.0 Å². The maximum absolute atomic E-state index is 13.6. The zero-order valence-corrected chi connectivity index (χ0v) is 42.2. The number of nitrogens with one attached hydrogen (secondary N) is 3. The van der Waals surface area contributed by atoms with Crippen LogP contribution in [0.2, 0.25) is 0 Å². The Balaban J connectivity index is 1.88. The second-order valence-electron chi connectivity index (χ2n) is 17.9. The number of hydrogen-bond acceptors (Lipinski definition) is 17. The molecule has 398 valence electrons. The van der Waals surface area contributed by atoms with Crippen LogP contribution in [0.25, 0.3) is 0 Å². The molecule has 3 unspecified atom stereocenters. The zero-order valence-electron chi connectivity index (χ0n) is 42.2. The van der Waals surface area contributed by atoms with E-state index in [1.165, 1.54) is 64.2 Å².